The minimum Gasteiger partial charge on any atom is -0.462 e. The van der Waals surface area contributed by atoms with E-state index in [2.05, 4.69) is 5.16 Å². The van der Waals surface area contributed by atoms with Gasteiger partial charge in [0, 0.05) is 11.4 Å². The first-order chi connectivity index (χ1) is 14.0. The van der Waals surface area contributed by atoms with Crippen LogP contribution in [0.4, 0.5) is 13.2 Å². The van der Waals surface area contributed by atoms with Crippen LogP contribution in [-0.4, -0.2) is 24.5 Å². The lowest BCUT2D eigenvalue weighted by Gasteiger charge is -2.22. The maximum absolute atomic E-state index is 13.1. The number of oxime groups is 1. The molecule has 0 N–H and O–H groups in total. The topological polar surface area (TPSA) is 47.9 Å². The number of aryl methyl sites for hydroxylation is 1. The van der Waals surface area contributed by atoms with Crippen molar-refractivity contribution in [3.8, 4) is 0 Å². The Morgan fingerprint density at radius 2 is 2.00 bits per heavy atom. The van der Waals surface area contributed by atoms with E-state index in [1.165, 1.54) is 12.1 Å². The van der Waals surface area contributed by atoms with E-state index in [1.807, 2.05) is 26.0 Å². The van der Waals surface area contributed by atoms with E-state index < -0.39 is 24.2 Å². The molecule has 30 heavy (non-hydrogen) atoms. The van der Waals surface area contributed by atoms with Gasteiger partial charge in [0.1, 0.15) is 0 Å². The SMILES string of the molecule is CCOC(=O)c1ccc(C2=NOC(C)(c3cc(C)cc(Cl)c3)C2)cc1CC(F)(F)F. The first-order valence-corrected chi connectivity index (χ1v) is 9.78. The van der Waals surface area contributed by atoms with Crippen molar-refractivity contribution in [2.45, 2.75) is 45.4 Å². The van der Waals surface area contributed by atoms with Gasteiger partial charge in [-0.25, -0.2) is 4.79 Å². The molecule has 0 amide bonds. The molecule has 0 saturated carbocycles. The van der Waals surface area contributed by atoms with E-state index in [-0.39, 0.29) is 17.7 Å². The van der Waals surface area contributed by atoms with Crippen molar-refractivity contribution in [1.82, 2.24) is 0 Å². The molecule has 1 unspecified atom stereocenters. The molecule has 1 aliphatic rings. The monoisotopic (exact) mass is 439 g/mol. The molecule has 0 spiro atoms. The Labute approximate surface area is 177 Å². The number of esters is 1. The van der Waals surface area contributed by atoms with Gasteiger partial charge in [0.05, 0.1) is 24.3 Å². The van der Waals surface area contributed by atoms with E-state index in [9.17, 15) is 18.0 Å². The zero-order valence-electron chi connectivity index (χ0n) is 16.8. The second kappa shape index (κ2) is 8.30. The number of carbonyl (C=O) groups is 1. The van der Waals surface area contributed by atoms with Crippen LogP contribution in [0.5, 0.6) is 0 Å². The fourth-order valence-electron chi connectivity index (χ4n) is 3.43. The van der Waals surface area contributed by atoms with Crippen molar-refractivity contribution in [3.63, 3.8) is 0 Å². The molecule has 2 aromatic carbocycles. The third-order valence-electron chi connectivity index (χ3n) is 4.84. The van der Waals surface area contributed by atoms with Gasteiger partial charge >= 0.3 is 12.1 Å². The van der Waals surface area contributed by atoms with Crippen LogP contribution < -0.4 is 0 Å². The summed E-state index contributed by atoms with van der Waals surface area (Å²) in [7, 11) is 0. The Balaban J connectivity index is 1.92. The highest BCUT2D eigenvalue weighted by molar-refractivity contribution is 6.30. The first kappa shape index (κ1) is 22.2. The quantitative estimate of drug-likeness (QED) is 0.539. The molecule has 0 aromatic heterocycles. The molecule has 2 aromatic rings. The Morgan fingerprint density at radius 1 is 1.27 bits per heavy atom. The van der Waals surface area contributed by atoms with Gasteiger partial charge in [-0.3, -0.25) is 0 Å². The van der Waals surface area contributed by atoms with Gasteiger partial charge in [-0.2, -0.15) is 13.2 Å². The molecular formula is C22H21ClF3NO3. The maximum Gasteiger partial charge on any atom is 0.393 e. The molecule has 8 heteroatoms. The normalized spacial score (nSPS) is 18.7. The van der Waals surface area contributed by atoms with E-state index in [0.29, 0.717) is 22.7 Å². The van der Waals surface area contributed by atoms with E-state index >= 15 is 0 Å². The van der Waals surface area contributed by atoms with Crippen molar-refractivity contribution in [3.05, 3.63) is 69.2 Å². The van der Waals surface area contributed by atoms with Crippen molar-refractivity contribution in [2.24, 2.45) is 5.16 Å². The van der Waals surface area contributed by atoms with E-state index in [0.717, 1.165) is 11.1 Å². The molecule has 3 rings (SSSR count). The van der Waals surface area contributed by atoms with Gasteiger partial charge in [0.2, 0.25) is 0 Å². The number of nitrogens with zero attached hydrogens (tertiary/aromatic N) is 1. The predicted molar refractivity (Wildman–Crippen MR) is 108 cm³/mol. The molecule has 160 valence electrons. The molecular weight excluding hydrogens is 419 g/mol. The van der Waals surface area contributed by atoms with Gasteiger partial charge in [0.25, 0.3) is 0 Å². The molecule has 0 saturated heterocycles. The third-order valence-corrected chi connectivity index (χ3v) is 5.06. The predicted octanol–water partition coefficient (Wildman–Crippen LogP) is 5.97. The van der Waals surface area contributed by atoms with Crippen LogP contribution in [0.2, 0.25) is 5.02 Å². The summed E-state index contributed by atoms with van der Waals surface area (Å²) >= 11 is 6.16. The molecule has 0 radical (unpaired) electrons. The number of ether oxygens (including phenoxy) is 1. The molecule has 0 aliphatic carbocycles. The summed E-state index contributed by atoms with van der Waals surface area (Å²) in [5, 5.41) is 4.68. The largest absolute Gasteiger partial charge is 0.462 e. The molecule has 1 heterocycles. The summed E-state index contributed by atoms with van der Waals surface area (Å²) in [5.74, 6) is -0.785. The molecule has 0 bridgehead atoms. The summed E-state index contributed by atoms with van der Waals surface area (Å²) < 4.78 is 44.1. The summed E-state index contributed by atoms with van der Waals surface area (Å²) in [5.41, 5.74) is 1.68. The van der Waals surface area contributed by atoms with Gasteiger partial charge in [0.15, 0.2) is 5.60 Å². The van der Waals surface area contributed by atoms with Gasteiger partial charge in [-0.1, -0.05) is 28.9 Å². The molecule has 1 atom stereocenters. The van der Waals surface area contributed by atoms with Gasteiger partial charge in [-0.05, 0) is 67.3 Å². The van der Waals surface area contributed by atoms with Crippen LogP contribution >= 0.6 is 11.6 Å². The first-order valence-electron chi connectivity index (χ1n) is 9.40. The Bertz CT molecular complexity index is 983. The zero-order valence-corrected chi connectivity index (χ0v) is 17.5. The number of carbonyl (C=O) groups excluding carboxylic acids is 1. The van der Waals surface area contributed by atoms with Crippen LogP contribution in [0.1, 0.15) is 52.9 Å². The fourth-order valence-corrected chi connectivity index (χ4v) is 3.72. The third kappa shape index (κ3) is 4.95. The smallest absolute Gasteiger partial charge is 0.393 e. The van der Waals surface area contributed by atoms with Crippen LogP contribution in [-0.2, 0) is 21.6 Å². The highest BCUT2D eigenvalue weighted by atomic mass is 35.5. The van der Waals surface area contributed by atoms with Crippen molar-refractivity contribution < 1.29 is 27.5 Å². The molecule has 1 aliphatic heterocycles. The van der Waals surface area contributed by atoms with Gasteiger partial charge in [-0.15, -0.1) is 0 Å². The number of hydrogen-bond donors (Lipinski definition) is 0. The highest BCUT2D eigenvalue weighted by Gasteiger charge is 2.38. The highest BCUT2D eigenvalue weighted by Crippen LogP contribution is 2.38. The number of benzene rings is 2. The van der Waals surface area contributed by atoms with E-state index in [4.69, 9.17) is 21.2 Å². The van der Waals surface area contributed by atoms with Crippen molar-refractivity contribution in [1.29, 1.82) is 0 Å². The average Bonchev–Trinajstić information content (AvgIpc) is 3.03. The standard InChI is InChI=1S/C22H21ClF3NO3/c1-4-29-20(28)18-6-5-14(9-15(18)11-22(24,25)26)19-12-21(3,30-27-19)16-7-13(2)8-17(23)10-16/h5-10H,4,11-12H2,1-3H3. The molecule has 4 nitrogen and oxygen atoms in total. The minimum absolute atomic E-state index is 0.0734. The Hall–Kier alpha value is -2.54. The summed E-state index contributed by atoms with van der Waals surface area (Å²) in [6.07, 6.45) is -5.37. The van der Waals surface area contributed by atoms with Crippen LogP contribution in [0.25, 0.3) is 0 Å². The fraction of sp³-hybridized carbons (Fsp3) is 0.364. The van der Waals surface area contributed by atoms with Gasteiger partial charge < -0.3 is 9.57 Å². The van der Waals surface area contributed by atoms with E-state index in [1.54, 1.807) is 19.1 Å². The van der Waals surface area contributed by atoms with Crippen LogP contribution in [0.15, 0.2) is 41.6 Å². The minimum atomic E-state index is -4.47. The van der Waals surface area contributed by atoms with Crippen molar-refractivity contribution in [2.75, 3.05) is 6.61 Å². The Kier molecular flexibility index (Phi) is 6.13. The Morgan fingerprint density at radius 3 is 2.63 bits per heavy atom. The lowest BCUT2D eigenvalue weighted by atomic mass is 9.87. The summed E-state index contributed by atoms with van der Waals surface area (Å²) in [4.78, 5) is 17.8. The number of halogens is 4. The molecule has 0 fully saturated rings. The lowest BCUT2D eigenvalue weighted by molar-refractivity contribution is -0.127. The second-order valence-corrected chi connectivity index (χ2v) is 7.87. The van der Waals surface area contributed by atoms with Crippen LogP contribution in [0.3, 0.4) is 0 Å². The number of alkyl halides is 3. The summed E-state index contributed by atoms with van der Waals surface area (Å²) in [6.45, 7) is 5.42. The maximum atomic E-state index is 13.1. The van der Waals surface area contributed by atoms with Crippen molar-refractivity contribution >= 4 is 23.3 Å². The lowest BCUT2D eigenvalue weighted by Crippen LogP contribution is -2.22. The van der Waals surface area contributed by atoms with Crippen LogP contribution in [0, 0.1) is 6.92 Å². The zero-order chi connectivity index (χ0) is 22.1. The number of hydrogen-bond acceptors (Lipinski definition) is 4. The number of rotatable bonds is 5. The summed E-state index contributed by atoms with van der Waals surface area (Å²) in [6, 6.07) is 9.77. The average molecular weight is 440 g/mol. The second-order valence-electron chi connectivity index (χ2n) is 7.44.